The molecule has 1 aliphatic rings. The predicted molar refractivity (Wildman–Crippen MR) is 106 cm³/mol. The van der Waals surface area contributed by atoms with Crippen molar-refractivity contribution in [1.29, 1.82) is 0 Å². The van der Waals surface area contributed by atoms with Crippen LogP contribution in [0.25, 0.3) is 0 Å². The molecule has 3 aromatic rings. The van der Waals surface area contributed by atoms with Crippen LogP contribution in [0.1, 0.15) is 33.1 Å². The molecule has 0 radical (unpaired) electrons. The summed E-state index contributed by atoms with van der Waals surface area (Å²) in [6.07, 6.45) is 0.765. The zero-order chi connectivity index (χ0) is 19.0. The van der Waals surface area contributed by atoms with Crippen LogP contribution in [0.2, 0.25) is 10.0 Å². The van der Waals surface area contributed by atoms with Crippen LogP contribution in [0.15, 0.2) is 66.7 Å². The van der Waals surface area contributed by atoms with E-state index in [-0.39, 0.29) is 17.8 Å². The molecule has 1 unspecified atom stereocenters. The van der Waals surface area contributed by atoms with Crippen LogP contribution in [0.5, 0.6) is 0 Å². The normalized spacial score (nSPS) is 16.1. The Morgan fingerprint density at radius 3 is 2.44 bits per heavy atom. The summed E-state index contributed by atoms with van der Waals surface area (Å²) < 4.78 is 13.4. The second-order valence-corrected chi connectivity index (χ2v) is 7.34. The van der Waals surface area contributed by atoms with Gasteiger partial charge in [-0.25, -0.2) is 4.39 Å². The van der Waals surface area contributed by atoms with E-state index in [0.717, 1.165) is 17.5 Å². The summed E-state index contributed by atoms with van der Waals surface area (Å²) >= 11 is 12.1. The molecule has 136 valence electrons. The van der Waals surface area contributed by atoms with Gasteiger partial charge in [-0.1, -0.05) is 59.6 Å². The Balaban J connectivity index is 1.79. The molecule has 0 aromatic heterocycles. The zero-order valence-corrected chi connectivity index (χ0v) is 15.8. The smallest absolute Gasteiger partial charge is 0.254 e. The van der Waals surface area contributed by atoms with Crippen LogP contribution in [0.3, 0.4) is 0 Å². The van der Waals surface area contributed by atoms with E-state index in [2.05, 4.69) is 6.07 Å². The Morgan fingerprint density at radius 1 is 0.963 bits per heavy atom. The van der Waals surface area contributed by atoms with Crippen LogP contribution in [-0.2, 0) is 6.42 Å². The van der Waals surface area contributed by atoms with E-state index in [1.165, 1.54) is 17.7 Å². The van der Waals surface area contributed by atoms with Crippen LogP contribution < -0.4 is 0 Å². The highest BCUT2D eigenvalue weighted by atomic mass is 35.5. The Labute approximate surface area is 167 Å². The van der Waals surface area contributed by atoms with Gasteiger partial charge in [0.2, 0.25) is 0 Å². The monoisotopic (exact) mass is 399 g/mol. The minimum atomic E-state index is -0.301. The number of rotatable bonds is 2. The Hall–Kier alpha value is -2.36. The second-order valence-electron chi connectivity index (χ2n) is 6.53. The molecule has 0 saturated carbocycles. The van der Waals surface area contributed by atoms with Gasteiger partial charge in [0.05, 0.1) is 16.1 Å². The Morgan fingerprint density at radius 2 is 1.70 bits per heavy atom. The van der Waals surface area contributed by atoms with Gasteiger partial charge in [-0.3, -0.25) is 4.79 Å². The van der Waals surface area contributed by atoms with E-state index in [9.17, 15) is 9.18 Å². The maximum atomic E-state index is 13.4. The first kappa shape index (κ1) is 18.0. The lowest BCUT2D eigenvalue weighted by Gasteiger charge is -2.38. The summed E-state index contributed by atoms with van der Waals surface area (Å²) in [5, 5.41) is 0.755. The average molecular weight is 400 g/mol. The number of hydrogen-bond acceptors (Lipinski definition) is 1. The highest BCUT2D eigenvalue weighted by Crippen LogP contribution is 2.36. The van der Waals surface area contributed by atoms with Crippen molar-refractivity contribution in [3.8, 4) is 0 Å². The maximum Gasteiger partial charge on any atom is 0.254 e. The molecule has 5 heteroatoms. The molecule has 0 bridgehead atoms. The van der Waals surface area contributed by atoms with Crippen LogP contribution in [0, 0.1) is 5.82 Å². The minimum Gasteiger partial charge on any atom is -0.327 e. The van der Waals surface area contributed by atoms with E-state index in [0.29, 0.717) is 22.2 Å². The fourth-order valence-corrected chi connectivity index (χ4v) is 3.88. The molecule has 27 heavy (non-hydrogen) atoms. The molecule has 4 rings (SSSR count). The molecule has 1 amide bonds. The Bertz CT molecular complexity index is 1000. The molecule has 0 N–H and O–H groups in total. The Kier molecular flexibility index (Phi) is 4.90. The third-order valence-corrected chi connectivity index (χ3v) is 5.64. The molecule has 1 aliphatic heterocycles. The van der Waals surface area contributed by atoms with E-state index >= 15 is 0 Å². The first-order valence-electron chi connectivity index (χ1n) is 8.64. The SMILES string of the molecule is O=C(c1ccc(Cl)c(Cl)c1)N1CCc2ccccc2C1c1ccc(F)cc1. The number of fused-ring (bicyclic) bond motifs is 1. The molecule has 1 heterocycles. The molecule has 1 atom stereocenters. The lowest BCUT2D eigenvalue weighted by molar-refractivity contribution is 0.0694. The second kappa shape index (κ2) is 7.34. The van der Waals surface area contributed by atoms with Crippen LogP contribution >= 0.6 is 23.2 Å². The van der Waals surface area contributed by atoms with Crippen molar-refractivity contribution in [2.24, 2.45) is 0 Å². The lowest BCUT2D eigenvalue weighted by Crippen LogP contribution is -2.40. The lowest BCUT2D eigenvalue weighted by atomic mass is 9.87. The summed E-state index contributed by atoms with van der Waals surface area (Å²) in [5.41, 5.74) is 3.61. The molecule has 0 aliphatic carbocycles. The van der Waals surface area contributed by atoms with Gasteiger partial charge in [-0.05, 0) is 53.4 Å². The summed E-state index contributed by atoms with van der Waals surface area (Å²) in [4.78, 5) is 15.1. The summed E-state index contributed by atoms with van der Waals surface area (Å²) in [5.74, 6) is -0.428. The van der Waals surface area contributed by atoms with Gasteiger partial charge in [-0.15, -0.1) is 0 Å². The molecule has 0 spiro atoms. The number of carbonyl (C=O) groups excluding carboxylic acids is 1. The molecular weight excluding hydrogens is 384 g/mol. The molecule has 0 saturated heterocycles. The van der Waals surface area contributed by atoms with Crippen molar-refractivity contribution in [3.05, 3.63) is 105 Å². The molecular formula is C22H16Cl2FNO. The van der Waals surface area contributed by atoms with Gasteiger partial charge < -0.3 is 4.90 Å². The van der Waals surface area contributed by atoms with Crippen molar-refractivity contribution in [2.75, 3.05) is 6.54 Å². The number of hydrogen-bond donors (Lipinski definition) is 0. The van der Waals surface area contributed by atoms with Crippen LogP contribution in [0.4, 0.5) is 4.39 Å². The van der Waals surface area contributed by atoms with Gasteiger partial charge in [0.25, 0.3) is 5.91 Å². The fourth-order valence-electron chi connectivity index (χ4n) is 3.58. The first-order chi connectivity index (χ1) is 13.0. The van der Waals surface area contributed by atoms with E-state index in [4.69, 9.17) is 23.2 Å². The van der Waals surface area contributed by atoms with Crippen molar-refractivity contribution in [1.82, 2.24) is 4.90 Å². The largest absolute Gasteiger partial charge is 0.327 e. The van der Waals surface area contributed by atoms with Gasteiger partial charge in [0, 0.05) is 12.1 Å². The van der Waals surface area contributed by atoms with E-state index in [1.807, 2.05) is 23.1 Å². The van der Waals surface area contributed by atoms with Crippen molar-refractivity contribution >= 4 is 29.1 Å². The predicted octanol–water partition coefficient (Wildman–Crippen LogP) is 5.92. The van der Waals surface area contributed by atoms with Crippen molar-refractivity contribution in [3.63, 3.8) is 0 Å². The van der Waals surface area contributed by atoms with Gasteiger partial charge in [0.1, 0.15) is 5.82 Å². The van der Waals surface area contributed by atoms with Gasteiger partial charge in [0.15, 0.2) is 0 Å². The molecule has 0 fully saturated rings. The van der Waals surface area contributed by atoms with Gasteiger partial charge >= 0.3 is 0 Å². The standard InChI is InChI=1S/C22H16Cl2FNO/c23-19-10-7-16(13-20(19)24)22(27)26-12-11-14-3-1-2-4-18(14)21(26)15-5-8-17(25)9-6-15/h1-10,13,21H,11-12H2. The summed E-state index contributed by atoms with van der Waals surface area (Å²) in [7, 11) is 0. The number of carbonyl (C=O) groups is 1. The highest BCUT2D eigenvalue weighted by Gasteiger charge is 2.32. The molecule has 2 nitrogen and oxygen atoms in total. The highest BCUT2D eigenvalue weighted by molar-refractivity contribution is 6.42. The maximum absolute atomic E-state index is 13.4. The third kappa shape index (κ3) is 3.45. The van der Waals surface area contributed by atoms with E-state index in [1.54, 1.807) is 30.3 Å². The minimum absolute atomic E-state index is 0.127. The number of halogens is 3. The number of nitrogens with zero attached hydrogens (tertiary/aromatic N) is 1. The summed E-state index contributed by atoms with van der Waals surface area (Å²) in [6, 6.07) is 19.0. The topological polar surface area (TPSA) is 20.3 Å². The number of benzene rings is 3. The fraction of sp³-hybridized carbons (Fsp3) is 0.136. The molecule has 3 aromatic carbocycles. The third-order valence-electron chi connectivity index (χ3n) is 4.90. The number of amides is 1. The van der Waals surface area contributed by atoms with E-state index < -0.39 is 0 Å². The van der Waals surface area contributed by atoms with Crippen molar-refractivity contribution in [2.45, 2.75) is 12.5 Å². The summed E-state index contributed by atoms with van der Waals surface area (Å²) in [6.45, 7) is 0.568. The zero-order valence-electron chi connectivity index (χ0n) is 14.3. The average Bonchev–Trinajstić information content (AvgIpc) is 2.69. The van der Waals surface area contributed by atoms with Crippen molar-refractivity contribution < 1.29 is 9.18 Å². The first-order valence-corrected chi connectivity index (χ1v) is 9.39. The van der Waals surface area contributed by atoms with Crippen LogP contribution in [-0.4, -0.2) is 17.4 Å². The van der Waals surface area contributed by atoms with Gasteiger partial charge in [-0.2, -0.15) is 0 Å². The quantitative estimate of drug-likeness (QED) is 0.523.